The first-order valence-electron chi connectivity index (χ1n) is 5.52. The highest BCUT2D eigenvalue weighted by atomic mass is 32.2. The topological polar surface area (TPSA) is 63.9 Å². The fraction of sp³-hybridized carbons (Fsp3) is 0.417. The van der Waals surface area contributed by atoms with Crippen molar-refractivity contribution in [1.29, 1.82) is 0 Å². The van der Waals surface area contributed by atoms with Gasteiger partial charge in [0.05, 0.1) is 24.2 Å². The fourth-order valence-corrected chi connectivity index (χ4v) is 2.18. The zero-order valence-electron chi connectivity index (χ0n) is 10.1. The normalized spacial score (nSPS) is 12.9. The van der Waals surface area contributed by atoms with E-state index in [9.17, 15) is 0 Å². The molecule has 1 unspecified atom stereocenters. The van der Waals surface area contributed by atoms with Crippen molar-refractivity contribution in [2.75, 3.05) is 19.1 Å². The molecule has 0 fully saturated rings. The highest BCUT2D eigenvalue weighted by molar-refractivity contribution is 7.98. The number of methoxy groups -OCH3 is 1. The standard InChI is InChI=1S/C12H17N3OS/c1-16-8-3-4-10-11(7-8)15-12(14-10)9(13)5-6-17-2/h3-4,7,9H,5-6,13H2,1-2H3,(H,14,15). The van der Waals surface area contributed by atoms with E-state index in [0.717, 1.165) is 34.8 Å². The summed E-state index contributed by atoms with van der Waals surface area (Å²) in [5.41, 5.74) is 7.98. The van der Waals surface area contributed by atoms with Crippen molar-refractivity contribution in [1.82, 2.24) is 9.97 Å². The lowest BCUT2D eigenvalue weighted by atomic mass is 10.2. The third kappa shape index (κ3) is 2.73. The molecule has 4 nitrogen and oxygen atoms in total. The Hall–Kier alpha value is -1.20. The summed E-state index contributed by atoms with van der Waals surface area (Å²) in [4.78, 5) is 7.75. The molecule has 3 N–H and O–H groups in total. The van der Waals surface area contributed by atoms with Crippen LogP contribution in [-0.2, 0) is 0 Å². The zero-order chi connectivity index (χ0) is 12.3. The van der Waals surface area contributed by atoms with Gasteiger partial charge in [-0.2, -0.15) is 11.8 Å². The molecule has 0 saturated carbocycles. The number of H-pyrrole nitrogens is 1. The molecule has 0 aliphatic carbocycles. The first-order valence-corrected chi connectivity index (χ1v) is 6.92. The van der Waals surface area contributed by atoms with Crippen molar-refractivity contribution in [3.8, 4) is 5.75 Å². The minimum absolute atomic E-state index is 0.0270. The molecule has 0 spiro atoms. The van der Waals surface area contributed by atoms with Gasteiger partial charge in [0.2, 0.25) is 0 Å². The van der Waals surface area contributed by atoms with Crippen molar-refractivity contribution in [2.24, 2.45) is 5.73 Å². The SMILES string of the molecule is COc1ccc2nc(C(N)CCSC)[nH]c2c1. The number of thioether (sulfide) groups is 1. The third-order valence-electron chi connectivity index (χ3n) is 2.69. The second-order valence-corrected chi connectivity index (χ2v) is 4.88. The van der Waals surface area contributed by atoms with E-state index in [0.29, 0.717) is 0 Å². The second kappa shape index (κ2) is 5.42. The maximum Gasteiger partial charge on any atom is 0.124 e. The number of nitrogens with two attached hydrogens (primary N) is 1. The zero-order valence-corrected chi connectivity index (χ0v) is 10.9. The van der Waals surface area contributed by atoms with Crippen LogP contribution in [0.25, 0.3) is 11.0 Å². The van der Waals surface area contributed by atoms with E-state index in [-0.39, 0.29) is 6.04 Å². The molecule has 1 aromatic carbocycles. The van der Waals surface area contributed by atoms with E-state index in [1.165, 1.54) is 0 Å². The number of nitrogens with one attached hydrogen (secondary N) is 1. The molecular weight excluding hydrogens is 234 g/mol. The van der Waals surface area contributed by atoms with Gasteiger partial charge < -0.3 is 15.5 Å². The Morgan fingerprint density at radius 3 is 3.06 bits per heavy atom. The summed E-state index contributed by atoms with van der Waals surface area (Å²) < 4.78 is 5.17. The van der Waals surface area contributed by atoms with Crippen LogP contribution in [0.2, 0.25) is 0 Å². The number of aromatic nitrogens is 2. The first-order chi connectivity index (χ1) is 8.24. The van der Waals surface area contributed by atoms with Gasteiger partial charge in [-0.15, -0.1) is 0 Å². The Labute approximate surface area is 105 Å². The number of rotatable bonds is 5. The Balaban J connectivity index is 2.24. The Bertz CT molecular complexity index is 497. The van der Waals surface area contributed by atoms with Gasteiger partial charge in [-0.25, -0.2) is 4.98 Å². The van der Waals surface area contributed by atoms with Crippen LogP contribution in [0, 0.1) is 0 Å². The number of nitrogens with zero attached hydrogens (tertiary/aromatic N) is 1. The molecule has 0 bridgehead atoms. The lowest BCUT2D eigenvalue weighted by Crippen LogP contribution is -2.12. The van der Waals surface area contributed by atoms with E-state index in [1.807, 2.05) is 18.2 Å². The van der Waals surface area contributed by atoms with Crippen molar-refractivity contribution in [3.05, 3.63) is 24.0 Å². The number of aromatic amines is 1. The second-order valence-electron chi connectivity index (χ2n) is 3.89. The Morgan fingerprint density at radius 2 is 2.35 bits per heavy atom. The van der Waals surface area contributed by atoms with Crippen molar-refractivity contribution >= 4 is 22.8 Å². The molecule has 2 aromatic rings. The molecule has 0 radical (unpaired) electrons. The minimum atomic E-state index is -0.0270. The average molecular weight is 251 g/mol. The lowest BCUT2D eigenvalue weighted by molar-refractivity contribution is 0.415. The third-order valence-corrected chi connectivity index (χ3v) is 3.34. The molecule has 5 heteroatoms. The first kappa shape index (κ1) is 12.3. The molecule has 2 rings (SSSR count). The molecule has 0 amide bonds. The molecule has 17 heavy (non-hydrogen) atoms. The van der Waals surface area contributed by atoms with Crippen LogP contribution >= 0.6 is 11.8 Å². The Morgan fingerprint density at radius 1 is 1.53 bits per heavy atom. The maximum absolute atomic E-state index is 6.08. The molecule has 1 aromatic heterocycles. The van der Waals surface area contributed by atoms with Crippen LogP contribution in [0.3, 0.4) is 0 Å². The quantitative estimate of drug-likeness (QED) is 0.856. The summed E-state index contributed by atoms with van der Waals surface area (Å²) in [6.45, 7) is 0. The van der Waals surface area contributed by atoms with Gasteiger partial charge in [-0.3, -0.25) is 0 Å². The van der Waals surface area contributed by atoms with Crippen LogP contribution < -0.4 is 10.5 Å². The molecule has 0 aliphatic rings. The number of ether oxygens (including phenoxy) is 1. The highest BCUT2D eigenvalue weighted by Gasteiger charge is 2.11. The fourth-order valence-electron chi connectivity index (χ4n) is 1.69. The van der Waals surface area contributed by atoms with Crippen LogP contribution in [0.5, 0.6) is 5.75 Å². The molecule has 1 atom stereocenters. The van der Waals surface area contributed by atoms with Gasteiger partial charge >= 0.3 is 0 Å². The highest BCUT2D eigenvalue weighted by Crippen LogP contribution is 2.21. The monoisotopic (exact) mass is 251 g/mol. The summed E-state index contributed by atoms with van der Waals surface area (Å²) in [6, 6.07) is 5.75. The summed E-state index contributed by atoms with van der Waals surface area (Å²) in [6.07, 6.45) is 3.01. The van der Waals surface area contributed by atoms with Crippen LogP contribution in [-0.4, -0.2) is 29.1 Å². The van der Waals surface area contributed by atoms with Crippen molar-refractivity contribution < 1.29 is 4.74 Å². The summed E-state index contributed by atoms with van der Waals surface area (Å²) in [5.74, 6) is 2.72. The predicted octanol–water partition coefficient (Wildman–Crippen LogP) is 2.32. The van der Waals surface area contributed by atoms with Gasteiger partial charge in [0.25, 0.3) is 0 Å². The molecule has 0 saturated heterocycles. The average Bonchev–Trinajstić information content (AvgIpc) is 2.78. The van der Waals surface area contributed by atoms with Crippen LogP contribution in [0.15, 0.2) is 18.2 Å². The predicted molar refractivity (Wildman–Crippen MR) is 72.6 cm³/mol. The number of benzene rings is 1. The van der Waals surface area contributed by atoms with Crippen LogP contribution in [0.1, 0.15) is 18.3 Å². The summed E-state index contributed by atoms with van der Waals surface area (Å²) >= 11 is 1.80. The van der Waals surface area contributed by atoms with Gasteiger partial charge in [-0.1, -0.05) is 0 Å². The minimum Gasteiger partial charge on any atom is -0.497 e. The number of hydrogen-bond donors (Lipinski definition) is 2. The van der Waals surface area contributed by atoms with E-state index < -0.39 is 0 Å². The summed E-state index contributed by atoms with van der Waals surface area (Å²) in [7, 11) is 1.66. The molecule has 1 heterocycles. The number of imidazole rings is 1. The van der Waals surface area contributed by atoms with Gasteiger partial charge in [0.1, 0.15) is 11.6 Å². The van der Waals surface area contributed by atoms with Crippen LogP contribution in [0.4, 0.5) is 0 Å². The van der Waals surface area contributed by atoms with Gasteiger partial charge in [0.15, 0.2) is 0 Å². The maximum atomic E-state index is 6.08. The molecule has 0 aliphatic heterocycles. The van der Waals surface area contributed by atoms with Gasteiger partial charge in [-0.05, 0) is 30.6 Å². The van der Waals surface area contributed by atoms with E-state index in [4.69, 9.17) is 10.5 Å². The smallest absolute Gasteiger partial charge is 0.124 e. The van der Waals surface area contributed by atoms with E-state index in [2.05, 4.69) is 16.2 Å². The van der Waals surface area contributed by atoms with Crippen molar-refractivity contribution in [2.45, 2.75) is 12.5 Å². The van der Waals surface area contributed by atoms with Crippen molar-refractivity contribution in [3.63, 3.8) is 0 Å². The lowest BCUT2D eigenvalue weighted by Gasteiger charge is -2.06. The number of fused-ring (bicyclic) bond motifs is 1. The van der Waals surface area contributed by atoms with E-state index in [1.54, 1.807) is 18.9 Å². The number of hydrogen-bond acceptors (Lipinski definition) is 4. The molecule has 92 valence electrons. The van der Waals surface area contributed by atoms with E-state index >= 15 is 0 Å². The largest absolute Gasteiger partial charge is 0.497 e. The summed E-state index contributed by atoms with van der Waals surface area (Å²) in [5, 5.41) is 0. The van der Waals surface area contributed by atoms with Gasteiger partial charge in [0, 0.05) is 6.07 Å². The molecular formula is C12H17N3OS. The Kier molecular flexibility index (Phi) is 3.91.